The molecule has 132 valence electrons. The predicted molar refractivity (Wildman–Crippen MR) is 87.3 cm³/mol. The summed E-state index contributed by atoms with van der Waals surface area (Å²) in [5.74, 6) is 2.64. The molecule has 3 atom stereocenters. The van der Waals surface area contributed by atoms with Gasteiger partial charge in [0.1, 0.15) is 6.61 Å². The molecule has 3 fully saturated rings. The molecule has 1 saturated heterocycles. The number of likely N-dealkylation sites (tertiary alicyclic amines) is 1. The van der Waals surface area contributed by atoms with E-state index in [1.165, 1.54) is 12.8 Å². The molecule has 2 aliphatic carbocycles. The van der Waals surface area contributed by atoms with Gasteiger partial charge in [0.25, 0.3) is 0 Å². The Morgan fingerprint density at radius 2 is 2.12 bits per heavy atom. The second-order valence-corrected chi connectivity index (χ2v) is 7.72. The molecule has 0 spiro atoms. The lowest BCUT2D eigenvalue weighted by molar-refractivity contribution is -0.140. The average Bonchev–Trinajstić information content (AvgIpc) is 3.11. The molecule has 0 bridgehead atoms. The van der Waals surface area contributed by atoms with E-state index in [1.54, 1.807) is 0 Å². The molecule has 1 amide bonds. The molecule has 2 saturated carbocycles. The Balaban J connectivity index is 1.34. The lowest BCUT2D eigenvalue weighted by Gasteiger charge is -2.28. The maximum atomic E-state index is 12.6. The van der Waals surface area contributed by atoms with E-state index in [0.717, 1.165) is 51.0 Å². The molecule has 0 radical (unpaired) electrons. The molecule has 24 heavy (non-hydrogen) atoms. The first kappa shape index (κ1) is 16.1. The number of amides is 1. The molecule has 3 aliphatic rings. The minimum absolute atomic E-state index is 0.0392. The molecule has 6 nitrogen and oxygen atoms in total. The van der Waals surface area contributed by atoms with Crippen molar-refractivity contribution in [1.29, 1.82) is 0 Å². The highest BCUT2D eigenvalue weighted by molar-refractivity contribution is 5.78. The van der Waals surface area contributed by atoms with Crippen LogP contribution in [0.3, 0.4) is 0 Å². The number of hydrogen-bond acceptors (Lipinski definition) is 5. The van der Waals surface area contributed by atoms with E-state index in [0.29, 0.717) is 17.7 Å². The highest BCUT2D eigenvalue weighted by Gasteiger charge is 2.36. The van der Waals surface area contributed by atoms with Crippen LogP contribution in [0.25, 0.3) is 0 Å². The summed E-state index contributed by atoms with van der Waals surface area (Å²) >= 11 is 0. The van der Waals surface area contributed by atoms with Crippen LogP contribution in [0.1, 0.15) is 82.0 Å². The van der Waals surface area contributed by atoms with Crippen LogP contribution in [0.15, 0.2) is 4.52 Å². The van der Waals surface area contributed by atoms with Crippen LogP contribution in [-0.4, -0.2) is 40.2 Å². The number of aromatic nitrogens is 2. The molecule has 0 unspecified atom stereocenters. The van der Waals surface area contributed by atoms with Crippen LogP contribution in [0.4, 0.5) is 0 Å². The maximum absolute atomic E-state index is 12.6. The fourth-order valence-corrected chi connectivity index (χ4v) is 4.01. The summed E-state index contributed by atoms with van der Waals surface area (Å²) in [5.41, 5.74) is 0. The molecule has 1 aliphatic heterocycles. The van der Waals surface area contributed by atoms with E-state index < -0.39 is 0 Å². The van der Waals surface area contributed by atoms with E-state index in [2.05, 4.69) is 17.1 Å². The minimum Gasteiger partial charge on any atom is -0.368 e. The number of carbonyl (C=O) groups is 1. The quantitative estimate of drug-likeness (QED) is 0.827. The number of rotatable bonds is 5. The van der Waals surface area contributed by atoms with Gasteiger partial charge in [-0.15, -0.1) is 0 Å². The Bertz CT molecular complexity index is 584. The van der Waals surface area contributed by atoms with Crippen molar-refractivity contribution in [3.05, 3.63) is 11.7 Å². The van der Waals surface area contributed by atoms with Crippen LogP contribution in [0.2, 0.25) is 0 Å². The highest BCUT2D eigenvalue weighted by atomic mass is 16.5. The largest absolute Gasteiger partial charge is 0.368 e. The van der Waals surface area contributed by atoms with Gasteiger partial charge in [0.2, 0.25) is 11.8 Å². The Kier molecular flexibility index (Phi) is 4.57. The van der Waals surface area contributed by atoms with Crippen molar-refractivity contribution in [2.75, 3.05) is 13.2 Å². The van der Waals surface area contributed by atoms with Gasteiger partial charge in [0.15, 0.2) is 5.82 Å². The summed E-state index contributed by atoms with van der Waals surface area (Å²) in [6, 6.07) is -0.0392. The van der Waals surface area contributed by atoms with Crippen molar-refractivity contribution in [3.8, 4) is 0 Å². The summed E-state index contributed by atoms with van der Waals surface area (Å²) in [6.45, 7) is 3.21. The van der Waals surface area contributed by atoms with Gasteiger partial charge >= 0.3 is 0 Å². The molecular weight excluding hydrogens is 306 g/mol. The van der Waals surface area contributed by atoms with E-state index in [9.17, 15) is 4.79 Å². The standard InChI is InChI=1S/C18H27N3O3/c1-12-4-2-5-14(10-12)23-11-16(22)21-9-3-6-15(21)17-19-18(24-20-17)13-7-8-13/h12-15H,2-11H2,1H3/t12-,14-,15-/m1/s1. The maximum Gasteiger partial charge on any atom is 0.249 e. The van der Waals surface area contributed by atoms with Gasteiger partial charge in [-0.2, -0.15) is 4.98 Å². The minimum atomic E-state index is -0.0392. The third-order valence-corrected chi connectivity index (χ3v) is 5.59. The topological polar surface area (TPSA) is 68.5 Å². The lowest BCUT2D eigenvalue weighted by Crippen LogP contribution is -2.35. The van der Waals surface area contributed by atoms with Crippen molar-refractivity contribution in [2.24, 2.45) is 5.92 Å². The van der Waals surface area contributed by atoms with Crippen molar-refractivity contribution in [3.63, 3.8) is 0 Å². The first-order chi connectivity index (χ1) is 11.7. The van der Waals surface area contributed by atoms with E-state index in [4.69, 9.17) is 9.26 Å². The first-order valence-corrected chi connectivity index (χ1v) is 9.45. The van der Waals surface area contributed by atoms with Crippen molar-refractivity contribution >= 4 is 5.91 Å². The van der Waals surface area contributed by atoms with Crippen LogP contribution >= 0.6 is 0 Å². The third-order valence-electron chi connectivity index (χ3n) is 5.59. The van der Waals surface area contributed by atoms with Gasteiger partial charge in [-0.1, -0.05) is 24.9 Å². The molecule has 0 N–H and O–H groups in total. The zero-order valence-corrected chi connectivity index (χ0v) is 14.4. The summed E-state index contributed by atoms with van der Waals surface area (Å²) in [7, 11) is 0. The van der Waals surface area contributed by atoms with E-state index >= 15 is 0 Å². The van der Waals surface area contributed by atoms with E-state index in [-0.39, 0.29) is 24.7 Å². The van der Waals surface area contributed by atoms with Crippen molar-refractivity contribution in [2.45, 2.75) is 76.4 Å². The Morgan fingerprint density at radius 1 is 1.25 bits per heavy atom. The molecule has 4 rings (SSSR count). The second-order valence-electron chi connectivity index (χ2n) is 7.72. The predicted octanol–water partition coefficient (Wildman–Crippen LogP) is 3.21. The summed E-state index contributed by atoms with van der Waals surface area (Å²) in [6.07, 6.45) is 9.07. The zero-order valence-electron chi connectivity index (χ0n) is 14.4. The molecule has 2 heterocycles. The van der Waals surface area contributed by atoms with Crippen LogP contribution < -0.4 is 0 Å². The molecular formula is C18H27N3O3. The number of nitrogens with zero attached hydrogens (tertiary/aromatic N) is 3. The highest BCUT2D eigenvalue weighted by Crippen LogP contribution is 2.40. The number of carbonyl (C=O) groups excluding carboxylic acids is 1. The number of hydrogen-bond donors (Lipinski definition) is 0. The third kappa shape index (κ3) is 3.48. The Morgan fingerprint density at radius 3 is 2.92 bits per heavy atom. The average molecular weight is 333 g/mol. The van der Waals surface area contributed by atoms with Gasteiger partial charge in [-0.3, -0.25) is 4.79 Å². The van der Waals surface area contributed by atoms with Crippen molar-refractivity contribution in [1.82, 2.24) is 15.0 Å². The van der Waals surface area contributed by atoms with Gasteiger partial charge in [0, 0.05) is 12.5 Å². The summed E-state index contributed by atoms with van der Waals surface area (Å²) in [4.78, 5) is 19.0. The molecule has 1 aromatic rings. The van der Waals surface area contributed by atoms with Crippen LogP contribution in [-0.2, 0) is 9.53 Å². The molecule has 0 aromatic carbocycles. The number of ether oxygens (including phenoxy) is 1. The normalized spacial score (nSPS) is 30.7. The zero-order chi connectivity index (χ0) is 16.5. The first-order valence-electron chi connectivity index (χ1n) is 9.45. The van der Waals surface area contributed by atoms with Gasteiger partial charge in [-0.25, -0.2) is 0 Å². The summed E-state index contributed by atoms with van der Waals surface area (Å²) < 4.78 is 11.3. The van der Waals surface area contributed by atoms with E-state index in [1.807, 2.05) is 4.90 Å². The SMILES string of the molecule is C[C@@H]1CCC[C@@H](OCC(=O)N2CCC[C@@H]2c2noc(C3CC3)n2)C1. The Hall–Kier alpha value is -1.43. The smallest absolute Gasteiger partial charge is 0.249 e. The summed E-state index contributed by atoms with van der Waals surface area (Å²) in [5, 5.41) is 4.13. The van der Waals surface area contributed by atoms with Crippen LogP contribution in [0.5, 0.6) is 0 Å². The monoisotopic (exact) mass is 333 g/mol. The Labute approximate surface area is 142 Å². The van der Waals surface area contributed by atoms with Gasteiger partial charge in [0.05, 0.1) is 12.1 Å². The molecule has 6 heteroatoms. The second kappa shape index (κ2) is 6.82. The lowest BCUT2D eigenvalue weighted by atomic mass is 9.89. The fraction of sp³-hybridized carbons (Fsp3) is 0.833. The fourth-order valence-electron chi connectivity index (χ4n) is 4.01. The van der Waals surface area contributed by atoms with Gasteiger partial charge in [-0.05, 0) is 44.4 Å². The van der Waals surface area contributed by atoms with Crippen LogP contribution in [0, 0.1) is 5.92 Å². The molecule has 1 aromatic heterocycles. The van der Waals surface area contributed by atoms with Crippen molar-refractivity contribution < 1.29 is 14.1 Å². The van der Waals surface area contributed by atoms with Gasteiger partial charge < -0.3 is 14.2 Å².